The number of rotatable bonds is 0. The normalized spacial score (nSPS) is 23.8. The van der Waals surface area contributed by atoms with Gasteiger partial charge in [-0.05, 0) is 11.8 Å². The lowest BCUT2D eigenvalue weighted by atomic mass is 9.86. The van der Waals surface area contributed by atoms with Crippen LogP contribution in [0.3, 0.4) is 0 Å². The van der Waals surface area contributed by atoms with E-state index in [0.29, 0.717) is 5.41 Å². The maximum Gasteiger partial charge on any atom is -0.0137 e. The van der Waals surface area contributed by atoms with Gasteiger partial charge in [0.25, 0.3) is 0 Å². The largest absolute Gasteiger partial charge is 0.0837 e. The van der Waals surface area contributed by atoms with E-state index in [0.717, 1.165) is 0 Å². The van der Waals surface area contributed by atoms with Crippen molar-refractivity contribution in [2.45, 2.75) is 20.3 Å². The highest BCUT2D eigenvalue weighted by Gasteiger charge is 2.11. The third-order valence-corrected chi connectivity index (χ3v) is 1.44. The van der Waals surface area contributed by atoms with Crippen molar-refractivity contribution in [2.24, 2.45) is 5.41 Å². The summed E-state index contributed by atoms with van der Waals surface area (Å²) in [4.78, 5) is 0. The van der Waals surface area contributed by atoms with Gasteiger partial charge < -0.3 is 0 Å². The van der Waals surface area contributed by atoms with Gasteiger partial charge in [-0.1, -0.05) is 38.2 Å². The van der Waals surface area contributed by atoms with E-state index in [1.54, 1.807) is 0 Å². The van der Waals surface area contributed by atoms with Crippen molar-refractivity contribution >= 4 is 0 Å². The second-order valence-corrected chi connectivity index (χ2v) is 2.98. The molecule has 1 rings (SSSR count). The fraction of sp³-hybridized carbons (Fsp3) is 0.500. The minimum Gasteiger partial charge on any atom is -0.0837 e. The number of allylic oxidation sites excluding steroid dienone is 4. The lowest BCUT2D eigenvalue weighted by molar-refractivity contribution is 0.484. The zero-order chi connectivity index (χ0) is 6.04. The fourth-order valence-electron chi connectivity index (χ4n) is 0.834. The number of hydrogen-bond acceptors (Lipinski definition) is 0. The first-order chi connectivity index (χ1) is 3.71. The Morgan fingerprint density at radius 2 is 2.00 bits per heavy atom. The molecule has 0 bridgehead atoms. The lowest BCUT2D eigenvalue weighted by Crippen LogP contribution is -2.06. The highest BCUT2D eigenvalue weighted by atomic mass is 14.2. The molecule has 0 heterocycles. The van der Waals surface area contributed by atoms with Gasteiger partial charge in [0.2, 0.25) is 0 Å². The van der Waals surface area contributed by atoms with Crippen LogP contribution in [0.2, 0.25) is 0 Å². The molecule has 0 aromatic heterocycles. The summed E-state index contributed by atoms with van der Waals surface area (Å²) in [5.41, 5.74) is 0.411. The molecule has 0 saturated heterocycles. The van der Waals surface area contributed by atoms with Gasteiger partial charge in [0.05, 0.1) is 0 Å². The summed E-state index contributed by atoms with van der Waals surface area (Å²) >= 11 is 0. The molecule has 0 fully saturated rings. The SMILES string of the molecule is CC1(C)C=CC=CC1. The quantitative estimate of drug-likeness (QED) is 0.447. The molecule has 1 aliphatic rings. The molecule has 0 atom stereocenters. The van der Waals surface area contributed by atoms with E-state index in [1.807, 2.05) is 0 Å². The Morgan fingerprint density at radius 1 is 1.25 bits per heavy atom. The van der Waals surface area contributed by atoms with Crippen molar-refractivity contribution in [3.8, 4) is 0 Å². The van der Waals surface area contributed by atoms with E-state index < -0.39 is 0 Å². The van der Waals surface area contributed by atoms with E-state index >= 15 is 0 Å². The Kier molecular flexibility index (Phi) is 1.24. The molecular weight excluding hydrogens is 96.1 g/mol. The van der Waals surface area contributed by atoms with Gasteiger partial charge >= 0.3 is 0 Å². The molecular formula is C8H12. The highest BCUT2D eigenvalue weighted by molar-refractivity contribution is 5.13. The molecule has 0 radical (unpaired) electrons. The molecule has 0 spiro atoms. The summed E-state index contributed by atoms with van der Waals surface area (Å²) in [6.07, 6.45) is 9.85. The Labute approximate surface area is 50.9 Å². The van der Waals surface area contributed by atoms with Gasteiger partial charge in [-0.3, -0.25) is 0 Å². The van der Waals surface area contributed by atoms with Gasteiger partial charge in [0.15, 0.2) is 0 Å². The summed E-state index contributed by atoms with van der Waals surface area (Å²) in [5.74, 6) is 0. The van der Waals surface area contributed by atoms with Crippen molar-refractivity contribution < 1.29 is 0 Å². The molecule has 0 aliphatic heterocycles. The average molecular weight is 108 g/mol. The molecule has 1 aliphatic carbocycles. The minimum absolute atomic E-state index is 0.411. The first kappa shape index (κ1) is 5.61. The average Bonchev–Trinajstić information content (AvgIpc) is 1.65. The molecule has 0 saturated carbocycles. The van der Waals surface area contributed by atoms with Crippen LogP contribution >= 0.6 is 0 Å². The van der Waals surface area contributed by atoms with Crippen LogP contribution in [-0.4, -0.2) is 0 Å². The third-order valence-electron chi connectivity index (χ3n) is 1.44. The van der Waals surface area contributed by atoms with Crippen molar-refractivity contribution in [3.05, 3.63) is 24.3 Å². The van der Waals surface area contributed by atoms with Crippen molar-refractivity contribution in [3.63, 3.8) is 0 Å². The Bertz CT molecular complexity index is 127. The monoisotopic (exact) mass is 108 g/mol. The molecule has 0 N–H and O–H groups in total. The zero-order valence-electron chi connectivity index (χ0n) is 5.52. The second kappa shape index (κ2) is 1.77. The van der Waals surface area contributed by atoms with Crippen LogP contribution in [0.4, 0.5) is 0 Å². The van der Waals surface area contributed by atoms with Crippen LogP contribution in [0.1, 0.15) is 20.3 Å². The second-order valence-electron chi connectivity index (χ2n) is 2.98. The van der Waals surface area contributed by atoms with Gasteiger partial charge in [0, 0.05) is 0 Å². The first-order valence-electron chi connectivity index (χ1n) is 3.05. The minimum atomic E-state index is 0.411. The summed E-state index contributed by atoms with van der Waals surface area (Å²) in [6, 6.07) is 0. The third kappa shape index (κ3) is 1.22. The predicted octanol–water partition coefficient (Wildman–Crippen LogP) is 2.53. The van der Waals surface area contributed by atoms with E-state index in [-0.39, 0.29) is 0 Å². The molecule has 0 unspecified atom stereocenters. The van der Waals surface area contributed by atoms with Crippen LogP contribution in [0, 0.1) is 5.41 Å². The summed E-state index contributed by atoms with van der Waals surface area (Å²) in [5, 5.41) is 0. The molecule has 8 heavy (non-hydrogen) atoms. The van der Waals surface area contributed by atoms with E-state index in [2.05, 4.69) is 38.2 Å². The first-order valence-corrected chi connectivity index (χ1v) is 3.05. The molecule has 0 amide bonds. The van der Waals surface area contributed by atoms with Gasteiger partial charge in [-0.25, -0.2) is 0 Å². The number of hydrogen-bond donors (Lipinski definition) is 0. The Hall–Kier alpha value is -0.520. The molecule has 0 aromatic carbocycles. The van der Waals surface area contributed by atoms with E-state index in [9.17, 15) is 0 Å². The van der Waals surface area contributed by atoms with Crippen LogP contribution in [0.5, 0.6) is 0 Å². The van der Waals surface area contributed by atoms with Gasteiger partial charge in [-0.2, -0.15) is 0 Å². The predicted molar refractivity (Wildman–Crippen MR) is 36.7 cm³/mol. The van der Waals surface area contributed by atoms with Crippen molar-refractivity contribution in [2.75, 3.05) is 0 Å². The highest BCUT2D eigenvalue weighted by Crippen LogP contribution is 2.24. The standard InChI is InChI=1S/C8H12/c1-8(2)6-4-3-5-7-8/h3-6H,7H2,1-2H3. The summed E-state index contributed by atoms with van der Waals surface area (Å²) in [7, 11) is 0. The zero-order valence-corrected chi connectivity index (χ0v) is 5.52. The van der Waals surface area contributed by atoms with Crippen LogP contribution in [0.25, 0.3) is 0 Å². The van der Waals surface area contributed by atoms with Crippen molar-refractivity contribution in [1.82, 2.24) is 0 Å². The van der Waals surface area contributed by atoms with Crippen LogP contribution in [-0.2, 0) is 0 Å². The molecule has 0 nitrogen and oxygen atoms in total. The summed E-state index contributed by atoms with van der Waals surface area (Å²) in [6.45, 7) is 4.49. The van der Waals surface area contributed by atoms with Crippen molar-refractivity contribution in [1.29, 1.82) is 0 Å². The molecule has 44 valence electrons. The summed E-state index contributed by atoms with van der Waals surface area (Å²) < 4.78 is 0. The fourth-order valence-corrected chi connectivity index (χ4v) is 0.834. The van der Waals surface area contributed by atoms with E-state index in [4.69, 9.17) is 0 Å². The van der Waals surface area contributed by atoms with Gasteiger partial charge in [-0.15, -0.1) is 0 Å². The van der Waals surface area contributed by atoms with Crippen LogP contribution < -0.4 is 0 Å². The van der Waals surface area contributed by atoms with E-state index in [1.165, 1.54) is 6.42 Å². The maximum atomic E-state index is 2.24. The van der Waals surface area contributed by atoms with Crippen LogP contribution in [0.15, 0.2) is 24.3 Å². The molecule has 0 aromatic rings. The van der Waals surface area contributed by atoms with Gasteiger partial charge in [0.1, 0.15) is 0 Å². The topological polar surface area (TPSA) is 0 Å². The lowest BCUT2D eigenvalue weighted by Gasteiger charge is -2.19. The molecule has 0 heteroatoms. The Morgan fingerprint density at radius 3 is 2.25 bits per heavy atom. The maximum absolute atomic E-state index is 2.24. The smallest absolute Gasteiger partial charge is 0.0137 e. The Balaban J connectivity index is 2.65.